The number of carboxylic acid groups (broad SMARTS) is 1. The van der Waals surface area contributed by atoms with Crippen molar-refractivity contribution in [2.45, 2.75) is 227 Å². The number of hydrogen-bond donors (Lipinski definition) is 21. The standard InChI is InChI=1S/C48H82N8O29/c1-13(49)39(71)55-25(17(5)78-45-27(53-19(7)61)31(65)37(23(11-59)82-45)84-47-35(69)33(67)29(63)21(9-57)80-47)42(74)51-14(2)40(72)50-15(3)41(73)56-26(43(75)52-16(4)44(76)77)18(6)79-46-28(54-20(8)62)32(66)38(24(12-60)83-46)85-48-36(70)34(68)30(64)22(10-58)81-48/h13-18,21-38,45-48,57-60,63-70H,9-12,49H2,1-8H3,(H,50,72)(H,51,74)(H,52,75)(H,53,61)(H,54,62)(H,55,71)(H,56,73)(H,76,77)/t13-,14-,15-,16-,17?,18?,21+,22+,23+,24+,25-,26-,27+,28+,29-,30-,31+,32+,33-,34-,35+,36+,37+,38+,45-,46-,47-,48-/m0/s1. The fourth-order valence-electron chi connectivity index (χ4n) is 9.22. The van der Waals surface area contributed by atoms with Gasteiger partial charge in [0.15, 0.2) is 25.2 Å². The Bertz CT molecular complexity index is 2260. The largest absolute Gasteiger partial charge is 0.480 e. The van der Waals surface area contributed by atoms with Crippen LogP contribution in [0.25, 0.3) is 0 Å². The van der Waals surface area contributed by atoms with Gasteiger partial charge in [0.05, 0.1) is 44.7 Å². The Hall–Kier alpha value is -5.08. The Kier molecular flexibility index (Phi) is 27.5. The van der Waals surface area contributed by atoms with Gasteiger partial charge in [-0.3, -0.25) is 38.4 Å². The molecule has 37 nitrogen and oxygen atoms in total. The maximum Gasteiger partial charge on any atom is 0.325 e. The molecular weight excluding hydrogens is 1150 g/mol. The second-order valence-electron chi connectivity index (χ2n) is 21.0. The molecule has 37 heteroatoms. The van der Waals surface area contributed by atoms with Crippen molar-refractivity contribution in [2.75, 3.05) is 26.4 Å². The highest BCUT2D eigenvalue weighted by Gasteiger charge is 2.54. The minimum Gasteiger partial charge on any atom is -0.480 e. The predicted octanol–water partition coefficient (Wildman–Crippen LogP) is -12.8. The van der Waals surface area contributed by atoms with Gasteiger partial charge < -0.3 is 147 Å². The minimum atomic E-state index is -1.99. The van der Waals surface area contributed by atoms with Crippen LogP contribution in [0.15, 0.2) is 0 Å². The molecule has 85 heavy (non-hydrogen) atoms. The molecule has 0 radical (unpaired) electrons. The molecule has 0 aromatic carbocycles. The zero-order chi connectivity index (χ0) is 64.2. The highest BCUT2D eigenvalue weighted by molar-refractivity contribution is 5.96. The van der Waals surface area contributed by atoms with E-state index in [1.165, 1.54) is 20.8 Å². The van der Waals surface area contributed by atoms with Crippen molar-refractivity contribution in [3.05, 3.63) is 0 Å². The van der Waals surface area contributed by atoms with Gasteiger partial charge in [-0.1, -0.05) is 0 Å². The molecule has 22 N–H and O–H groups in total. The number of aliphatic hydroxyl groups excluding tert-OH is 12. The number of amides is 7. The summed E-state index contributed by atoms with van der Waals surface area (Å²) in [6, 6.07) is -13.1. The first kappa shape index (κ1) is 72.4. The molecule has 0 aromatic heterocycles. The summed E-state index contributed by atoms with van der Waals surface area (Å²) >= 11 is 0. The Balaban J connectivity index is 1.51. The van der Waals surface area contributed by atoms with Gasteiger partial charge in [-0.25, -0.2) is 0 Å². The Morgan fingerprint density at radius 1 is 0.424 bits per heavy atom. The first-order chi connectivity index (χ1) is 39.7. The van der Waals surface area contributed by atoms with Gasteiger partial charge >= 0.3 is 5.97 Å². The van der Waals surface area contributed by atoms with Crippen molar-refractivity contribution >= 4 is 47.3 Å². The number of carboxylic acids is 1. The summed E-state index contributed by atoms with van der Waals surface area (Å²) in [6.07, 6.45) is -35.4. The van der Waals surface area contributed by atoms with Gasteiger partial charge in [-0.15, -0.1) is 0 Å². The molecule has 488 valence electrons. The van der Waals surface area contributed by atoms with Gasteiger partial charge in [0, 0.05) is 13.8 Å². The van der Waals surface area contributed by atoms with E-state index in [1.54, 1.807) is 0 Å². The normalized spacial score (nSPS) is 36.1. The maximum atomic E-state index is 14.0. The van der Waals surface area contributed by atoms with Crippen LogP contribution in [0.1, 0.15) is 55.4 Å². The molecule has 0 spiro atoms. The lowest BCUT2D eigenvalue weighted by atomic mass is 9.95. The number of aliphatic carboxylic acids is 1. The van der Waals surface area contributed by atoms with Crippen molar-refractivity contribution in [3.8, 4) is 0 Å². The van der Waals surface area contributed by atoms with Crippen LogP contribution in [0.4, 0.5) is 0 Å². The van der Waals surface area contributed by atoms with Gasteiger partial charge in [0.25, 0.3) is 0 Å². The number of nitrogens with one attached hydrogen (secondary N) is 7. The van der Waals surface area contributed by atoms with Crippen LogP contribution in [0.5, 0.6) is 0 Å². The Labute approximate surface area is 485 Å². The molecule has 4 aliphatic rings. The third kappa shape index (κ3) is 18.5. The number of carbonyl (C=O) groups is 8. The lowest BCUT2D eigenvalue weighted by Crippen LogP contribution is -2.68. The van der Waals surface area contributed by atoms with Gasteiger partial charge in [0.2, 0.25) is 41.4 Å². The molecule has 4 fully saturated rings. The molecule has 4 heterocycles. The molecule has 28 atom stereocenters. The first-order valence-corrected chi connectivity index (χ1v) is 26.9. The minimum absolute atomic E-state index is 0.788. The van der Waals surface area contributed by atoms with E-state index in [4.69, 9.17) is 43.6 Å². The van der Waals surface area contributed by atoms with Crippen LogP contribution in [0, 0.1) is 0 Å². The Morgan fingerprint density at radius 3 is 1.07 bits per heavy atom. The molecule has 0 aliphatic carbocycles. The highest BCUT2D eigenvalue weighted by Crippen LogP contribution is 2.33. The van der Waals surface area contributed by atoms with Gasteiger partial charge in [-0.2, -0.15) is 0 Å². The molecule has 0 saturated carbocycles. The number of hydrogen-bond acceptors (Lipinski definition) is 29. The van der Waals surface area contributed by atoms with E-state index in [1.807, 2.05) is 0 Å². The average molecular weight is 1240 g/mol. The van der Waals surface area contributed by atoms with Crippen molar-refractivity contribution in [1.82, 2.24) is 37.2 Å². The summed E-state index contributed by atoms with van der Waals surface area (Å²) in [6.45, 7) is 5.41. The lowest BCUT2D eigenvalue weighted by Gasteiger charge is -2.47. The summed E-state index contributed by atoms with van der Waals surface area (Å²) in [7, 11) is 0. The van der Waals surface area contributed by atoms with Gasteiger partial charge in [0.1, 0.15) is 128 Å². The van der Waals surface area contributed by atoms with Crippen molar-refractivity contribution < 1.29 is 143 Å². The number of nitrogens with two attached hydrogens (primary N) is 1. The fourth-order valence-corrected chi connectivity index (χ4v) is 9.22. The fraction of sp³-hybridized carbons (Fsp3) is 0.833. The van der Waals surface area contributed by atoms with E-state index in [0.717, 1.165) is 34.6 Å². The number of rotatable bonds is 27. The van der Waals surface area contributed by atoms with Crippen LogP contribution < -0.4 is 43.0 Å². The van der Waals surface area contributed by atoms with E-state index >= 15 is 0 Å². The summed E-state index contributed by atoms with van der Waals surface area (Å²) in [5, 5.41) is 151. The van der Waals surface area contributed by atoms with E-state index < -0.39 is 245 Å². The zero-order valence-electron chi connectivity index (χ0n) is 47.4. The third-order valence-corrected chi connectivity index (χ3v) is 14.2. The molecule has 0 bridgehead atoms. The molecule has 4 saturated heterocycles. The molecule has 0 aromatic rings. The second kappa shape index (κ2) is 32.2. The van der Waals surface area contributed by atoms with Crippen molar-refractivity contribution in [2.24, 2.45) is 5.73 Å². The Morgan fingerprint density at radius 2 is 0.741 bits per heavy atom. The average Bonchev–Trinajstić information content (AvgIpc) is 1.76. The molecule has 4 rings (SSSR count). The number of carbonyl (C=O) groups excluding carboxylic acids is 7. The maximum absolute atomic E-state index is 14.0. The first-order valence-electron chi connectivity index (χ1n) is 26.9. The summed E-state index contributed by atoms with van der Waals surface area (Å²) < 4.78 is 45.8. The van der Waals surface area contributed by atoms with Gasteiger partial charge in [-0.05, 0) is 41.5 Å². The zero-order valence-corrected chi connectivity index (χ0v) is 47.4. The quantitative estimate of drug-likeness (QED) is 0.0363. The topological polar surface area (TPSA) is 584 Å². The lowest BCUT2D eigenvalue weighted by molar-refractivity contribution is -0.350. The summed E-state index contributed by atoms with van der Waals surface area (Å²) in [5.74, 6) is -8.63. The van der Waals surface area contributed by atoms with Crippen LogP contribution >= 0.6 is 0 Å². The number of aliphatic hydroxyl groups is 12. The van der Waals surface area contributed by atoms with E-state index in [9.17, 15) is 105 Å². The van der Waals surface area contributed by atoms with Crippen LogP contribution in [-0.4, -0.2) is 311 Å². The second-order valence-corrected chi connectivity index (χ2v) is 21.0. The smallest absolute Gasteiger partial charge is 0.325 e. The molecular formula is C48H82N8O29. The molecule has 2 unspecified atom stereocenters. The monoisotopic (exact) mass is 1230 g/mol. The summed E-state index contributed by atoms with van der Waals surface area (Å²) in [5.41, 5.74) is 5.78. The molecule has 7 amide bonds. The highest BCUT2D eigenvalue weighted by atomic mass is 16.8. The SMILES string of the molecule is CC(=O)N[C@H]1[C@@H](OC(C)[C@H](NC(=O)[C@H](C)N)C(=O)N[C@@H](C)C(=O)N[C@@H](C)C(=O)N[C@H](C(=O)N[C@@H](C)C(=O)O)C(C)O[C@H]2O[C@H](CO)[C@@H](O[C@@H]3O[C@H](CO)[C@H](O)[C@H](O)[C@H]3O)[C@H](O)[C@H]2NC(C)=O)O[C@H](CO)[C@@H](O[C@@H]2O[C@H](CO)[C@H](O)[C@H](O)[C@H]2O)[C@@H]1O. The van der Waals surface area contributed by atoms with Crippen LogP contribution in [0.2, 0.25) is 0 Å². The van der Waals surface area contributed by atoms with E-state index in [-0.39, 0.29) is 0 Å². The van der Waals surface area contributed by atoms with E-state index in [0.29, 0.717) is 0 Å². The molecule has 4 aliphatic heterocycles. The third-order valence-electron chi connectivity index (χ3n) is 14.2. The van der Waals surface area contributed by atoms with Crippen molar-refractivity contribution in [1.29, 1.82) is 0 Å². The van der Waals surface area contributed by atoms with Crippen LogP contribution in [-0.2, 0) is 76.3 Å². The number of ether oxygens (including phenoxy) is 8. The van der Waals surface area contributed by atoms with Crippen LogP contribution in [0.3, 0.4) is 0 Å². The summed E-state index contributed by atoms with van der Waals surface area (Å²) in [4.78, 5) is 105. The van der Waals surface area contributed by atoms with E-state index in [2.05, 4.69) is 37.2 Å². The predicted molar refractivity (Wildman–Crippen MR) is 275 cm³/mol. The van der Waals surface area contributed by atoms with Crippen molar-refractivity contribution in [3.63, 3.8) is 0 Å².